The zero-order chi connectivity index (χ0) is 33.2. The maximum Gasteiger partial charge on any atom is 0.408 e. The Morgan fingerprint density at radius 1 is 0.886 bits per heavy atom. The molecule has 0 fully saturated rings. The van der Waals surface area contributed by atoms with E-state index in [0.29, 0.717) is 5.56 Å². The normalized spacial score (nSPS) is 13.7. The number of benzene rings is 2. The molecule has 0 aromatic heterocycles. The quantitative estimate of drug-likeness (QED) is 0.176. The Hall–Kier alpha value is -3.77. The lowest BCUT2D eigenvalue weighted by Crippen LogP contribution is -2.56. The lowest BCUT2D eigenvalue weighted by molar-refractivity contribution is -0.159. The number of aliphatic hydroxyl groups is 1. The van der Waals surface area contributed by atoms with Crippen LogP contribution in [0.15, 0.2) is 48.5 Å². The first-order valence-electron chi connectivity index (χ1n) is 14.3. The van der Waals surface area contributed by atoms with Crippen molar-refractivity contribution in [1.82, 2.24) is 15.5 Å². The number of ether oxygens (including phenoxy) is 2. The van der Waals surface area contributed by atoms with Crippen LogP contribution in [0.4, 0.5) is 4.79 Å². The minimum absolute atomic E-state index is 0.0575. The Bertz CT molecular complexity index is 1290. The fraction of sp³-hybridized carbons (Fsp3) is 0.500. The molecule has 0 heterocycles. The number of aryl methyl sites for hydroxylation is 1. The highest BCUT2D eigenvalue weighted by molar-refractivity contribution is 7.80. The highest BCUT2D eigenvalue weighted by atomic mass is 32.1. The van der Waals surface area contributed by atoms with E-state index < -0.39 is 59.8 Å². The average Bonchev–Trinajstić information content (AvgIpc) is 2.91. The topological polar surface area (TPSA) is 154 Å². The number of aliphatic hydroxyl groups excluding tert-OH is 1. The largest absolute Gasteiger partial charge is 0.507 e. The van der Waals surface area contributed by atoms with Crippen molar-refractivity contribution in [3.8, 4) is 5.75 Å². The number of amides is 3. The van der Waals surface area contributed by atoms with Gasteiger partial charge in [-0.25, -0.2) is 9.59 Å². The predicted molar refractivity (Wildman–Crippen MR) is 169 cm³/mol. The molecular formula is C32H45N3O8S. The second kappa shape index (κ2) is 15.8. The summed E-state index contributed by atoms with van der Waals surface area (Å²) >= 11 is 4.23. The van der Waals surface area contributed by atoms with E-state index in [1.807, 2.05) is 6.07 Å². The third kappa shape index (κ3) is 11.1. The Labute approximate surface area is 264 Å². The molecule has 2 aromatic rings. The molecule has 0 saturated carbocycles. The summed E-state index contributed by atoms with van der Waals surface area (Å²) in [6.07, 6.45) is -0.789. The number of hydrogen-bond donors (Lipinski definition) is 5. The number of phenolic OH excluding ortho intramolecular Hbond substituents is 1. The number of hydrogen-bond acceptors (Lipinski definition) is 9. The fourth-order valence-electron chi connectivity index (χ4n) is 4.33. The minimum atomic E-state index is -1.52. The third-order valence-electron chi connectivity index (χ3n) is 6.21. The predicted octanol–water partition coefficient (Wildman–Crippen LogP) is 3.45. The smallest absolute Gasteiger partial charge is 0.408 e. The first kappa shape index (κ1) is 36.4. The second-order valence-corrected chi connectivity index (χ2v) is 12.7. The number of nitrogens with one attached hydrogen (secondary N) is 2. The zero-order valence-electron chi connectivity index (χ0n) is 26.4. The number of carbonyl (C=O) groups is 4. The molecule has 4 N–H and O–H groups in total. The molecule has 11 nitrogen and oxygen atoms in total. The van der Waals surface area contributed by atoms with Gasteiger partial charge in [0.05, 0.1) is 6.61 Å². The molecule has 0 aliphatic carbocycles. The van der Waals surface area contributed by atoms with Gasteiger partial charge in [0.15, 0.2) is 0 Å². The summed E-state index contributed by atoms with van der Waals surface area (Å²) in [4.78, 5) is 55.0. The van der Waals surface area contributed by atoms with Crippen LogP contribution >= 0.6 is 12.6 Å². The van der Waals surface area contributed by atoms with E-state index in [1.54, 1.807) is 84.9 Å². The van der Waals surface area contributed by atoms with Crippen LogP contribution in [-0.4, -0.2) is 81.2 Å². The number of para-hydroxylation sites is 1. The van der Waals surface area contributed by atoms with Gasteiger partial charge in [0, 0.05) is 24.3 Å². The van der Waals surface area contributed by atoms with Crippen LogP contribution in [-0.2, 0) is 30.3 Å². The second-order valence-electron chi connectivity index (χ2n) is 12.3. The number of aromatic hydroxyl groups is 1. The number of rotatable bonds is 12. The maximum atomic E-state index is 14.2. The summed E-state index contributed by atoms with van der Waals surface area (Å²) in [6, 6.07) is 9.80. The summed E-state index contributed by atoms with van der Waals surface area (Å²) in [5.74, 6) is -2.68. The van der Waals surface area contributed by atoms with Crippen LogP contribution in [0.3, 0.4) is 0 Å². The number of carbonyl (C=O) groups excluding carboxylic acids is 4. The lowest BCUT2D eigenvalue weighted by atomic mass is 9.98. The molecule has 2 rings (SSSR count). The molecule has 2 aromatic carbocycles. The van der Waals surface area contributed by atoms with Crippen LogP contribution in [0.2, 0.25) is 0 Å². The first-order chi connectivity index (χ1) is 20.5. The van der Waals surface area contributed by atoms with Gasteiger partial charge in [0.2, 0.25) is 11.8 Å². The van der Waals surface area contributed by atoms with Crippen molar-refractivity contribution in [1.29, 1.82) is 0 Å². The minimum Gasteiger partial charge on any atom is -0.507 e. The Kier molecular flexibility index (Phi) is 13.1. The summed E-state index contributed by atoms with van der Waals surface area (Å²) in [5, 5.41) is 26.2. The molecule has 12 heteroatoms. The first-order valence-corrected chi connectivity index (χ1v) is 15.0. The van der Waals surface area contributed by atoms with E-state index in [-0.39, 0.29) is 30.0 Å². The van der Waals surface area contributed by atoms with Gasteiger partial charge in [-0.2, -0.15) is 12.6 Å². The van der Waals surface area contributed by atoms with Crippen LogP contribution in [0.25, 0.3) is 0 Å². The molecule has 0 radical (unpaired) electrons. The van der Waals surface area contributed by atoms with E-state index in [0.717, 1.165) is 10.5 Å². The molecule has 0 aliphatic rings. The van der Waals surface area contributed by atoms with Crippen molar-refractivity contribution >= 4 is 36.5 Å². The Balaban J connectivity index is 2.58. The van der Waals surface area contributed by atoms with E-state index >= 15 is 0 Å². The van der Waals surface area contributed by atoms with E-state index in [9.17, 15) is 29.4 Å². The number of alkyl carbamates (subject to hydrolysis) is 1. The maximum absolute atomic E-state index is 14.2. The van der Waals surface area contributed by atoms with Crippen LogP contribution in [0.1, 0.15) is 64.3 Å². The van der Waals surface area contributed by atoms with Gasteiger partial charge in [-0.15, -0.1) is 0 Å². The highest BCUT2D eigenvalue weighted by Crippen LogP contribution is 2.32. The van der Waals surface area contributed by atoms with Gasteiger partial charge in [-0.05, 0) is 59.6 Å². The molecule has 3 amide bonds. The summed E-state index contributed by atoms with van der Waals surface area (Å²) in [6.45, 7) is 10.8. The molecule has 0 aliphatic heterocycles. The molecule has 0 bridgehead atoms. The van der Waals surface area contributed by atoms with Crippen molar-refractivity contribution in [3.63, 3.8) is 0 Å². The molecule has 3 atom stereocenters. The highest BCUT2D eigenvalue weighted by Gasteiger charge is 2.39. The average molecular weight is 632 g/mol. The fourth-order valence-corrected chi connectivity index (χ4v) is 4.58. The van der Waals surface area contributed by atoms with Gasteiger partial charge >= 0.3 is 12.1 Å². The lowest BCUT2D eigenvalue weighted by Gasteiger charge is -2.35. The van der Waals surface area contributed by atoms with Crippen molar-refractivity contribution in [2.24, 2.45) is 0 Å². The van der Waals surface area contributed by atoms with E-state index in [4.69, 9.17) is 9.47 Å². The summed E-state index contributed by atoms with van der Waals surface area (Å²) in [7, 11) is 0. The van der Waals surface area contributed by atoms with Crippen LogP contribution in [0.5, 0.6) is 5.75 Å². The monoisotopic (exact) mass is 631 g/mol. The summed E-state index contributed by atoms with van der Waals surface area (Å²) in [5.41, 5.74) is -0.454. The molecular weight excluding hydrogens is 586 g/mol. The molecule has 44 heavy (non-hydrogen) atoms. The standard InChI is InChI=1S/C32H45N3O8S/c1-20-12-11-15-22(26(20)37)25(35(16-17-36)28(39)24(19-44)34-30(41)43-32(5,6)7)27(38)33-23(29(40)42-31(2,3)4)18-21-13-9-8-10-14-21/h8-15,23-25,36-37,44H,16-19H2,1-7H3,(H,33,38)(H,34,41). The number of thiol groups is 1. The van der Waals surface area contributed by atoms with Crippen molar-refractivity contribution in [2.45, 2.75) is 84.2 Å². The van der Waals surface area contributed by atoms with Crippen LogP contribution in [0, 0.1) is 6.92 Å². The van der Waals surface area contributed by atoms with Gasteiger partial charge in [-0.1, -0.05) is 48.5 Å². The van der Waals surface area contributed by atoms with Crippen molar-refractivity contribution < 1.29 is 38.9 Å². The Morgan fingerprint density at radius 3 is 2.05 bits per heavy atom. The van der Waals surface area contributed by atoms with Crippen molar-refractivity contribution in [3.05, 3.63) is 65.2 Å². The van der Waals surface area contributed by atoms with Crippen LogP contribution < -0.4 is 10.6 Å². The van der Waals surface area contributed by atoms with Gasteiger partial charge in [0.25, 0.3) is 0 Å². The number of phenols is 1. The number of nitrogens with zero attached hydrogens (tertiary/aromatic N) is 1. The number of esters is 1. The molecule has 0 spiro atoms. The molecule has 0 saturated heterocycles. The van der Waals surface area contributed by atoms with E-state index in [1.165, 1.54) is 6.07 Å². The SMILES string of the molecule is Cc1cccc(C(C(=O)NC(Cc2ccccc2)C(=O)OC(C)(C)C)N(CCO)C(=O)C(CS)NC(=O)OC(C)(C)C)c1O. The van der Waals surface area contributed by atoms with Crippen molar-refractivity contribution in [2.75, 3.05) is 18.9 Å². The van der Waals surface area contributed by atoms with Gasteiger partial charge < -0.3 is 35.2 Å². The molecule has 3 unspecified atom stereocenters. The van der Waals surface area contributed by atoms with Gasteiger partial charge in [0.1, 0.15) is 35.1 Å². The zero-order valence-corrected chi connectivity index (χ0v) is 27.3. The Morgan fingerprint density at radius 2 is 1.50 bits per heavy atom. The molecule has 242 valence electrons. The third-order valence-corrected chi connectivity index (χ3v) is 6.57. The van der Waals surface area contributed by atoms with Gasteiger partial charge in [-0.3, -0.25) is 9.59 Å². The summed E-state index contributed by atoms with van der Waals surface area (Å²) < 4.78 is 10.9. The van der Waals surface area contributed by atoms with E-state index in [2.05, 4.69) is 23.3 Å².